The van der Waals surface area contributed by atoms with E-state index in [2.05, 4.69) is 5.32 Å². The standard InChI is InChI=1S/C28H31NO11/c1-11-23(32)15(29-10-30)7-18(39-11)40-17-9-28(37,12(2)31)8-14-20(17)27(36)22-21(25(14)34)24(33)13-5-4-6-16(38-3)19(13)26(22)35/h4-6,10-12,15,17-18,23,31-32,34,36-37H,7-9H2,1-3H3,(H,29,30). The number of phenolic OH excluding ortho intramolecular Hbond substituents is 2. The molecule has 2 aromatic rings. The number of ketones is 2. The number of methoxy groups -OCH3 is 1. The van der Waals surface area contributed by atoms with Gasteiger partial charge in [-0.25, -0.2) is 0 Å². The van der Waals surface area contributed by atoms with Gasteiger partial charge in [-0.3, -0.25) is 14.4 Å². The monoisotopic (exact) mass is 557 g/mol. The smallest absolute Gasteiger partial charge is 0.207 e. The quantitative estimate of drug-likeness (QED) is 0.184. The van der Waals surface area contributed by atoms with E-state index in [1.807, 2.05) is 0 Å². The SMILES string of the molecule is COc1cccc2c1C(=O)c1c(O)c3c(c(O)c1C2=O)CC(O)(C(C)O)CC3OC1CC(NC=O)C(O)C(C)O1. The van der Waals surface area contributed by atoms with Crippen molar-refractivity contribution >= 4 is 18.0 Å². The highest BCUT2D eigenvalue weighted by molar-refractivity contribution is 6.31. The van der Waals surface area contributed by atoms with Crippen molar-refractivity contribution in [2.24, 2.45) is 0 Å². The maximum Gasteiger partial charge on any atom is 0.207 e. The van der Waals surface area contributed by atoms with Crippen LogP contribution >= 0.6 is 0 Å². The molecule has 7 atom stereocenters. The molecule has 1 saturated heterocycles. The molecule has 12 heteroatoms. The Morgan fingerprint density at radius 2 is 1.85 bits per heavy atom. The van der Waals surface area contributed by atoms with E-state index < -0.39 is 76.5 Å². The van der Waals surface area contributed by atoms with Crippen LogP contribution in [0.1, 0.15) is 75.8 Å². The number of nitrogens with one attached hydrogen (secondary N) is 1. The lowest BCUT2D eigenvalue weighted by molar-refractivity contribution is -0.252. The van der Waals surface area contributed by atoms with Gasteiger partial charge in [0.1, 0.15) is 23.4 Å². The third-order valence-corrected chi connectivity index (χ3v) is 8.19. The maximum atomic E-state index is 13.7. The molecule has 0 saturated carbocycles. The number of fused-ring (bicyclic) bond motifs is 3. The maximum absolute atomic E-state index is 13.7. The highest BCUT2D eigenvalue weighted by atomic mass is 16.7. The lowest BCUT2D eigenvalue weighted by atomic mass is 9.71. The predicted molar refractivity (Wildman–Crippen MR) is 136 cm³/mol. The second kappa shape index (κ2) is 10.1. The number of ether oxygens (including phenoxy) is 3. The van der Waals surface area contributed by atoms with Crippen LogP contribution in [0.3, 0.4) is 0 Å². The number of phenols is 2. The van der Waals surface area contributed by atoms with Crippen LogP contribution in [0.2, 0.25) is 0 Å². The van der Waals surface area contributed by atoms with Crippen molar-refractivity contribution in [3.05, 3.63) is 51.6 Å². The summed E-state index contributed by atoms with van der Waals surface area (Å²) in [6.45, 7) is 2.93. The Bertz CT molecular complexity index is 1390. The van der Waals surface area contributed by atoms with Crippen molar-refractivity contribution in [3.63, 3.8) is 0 Å². The average molecular weight is 558 g/mol. The summed E-state index contributed by atoms with van der Waals surface area (Å²) in [4.78, 5) is 38.3. The van der Waals surface area contributed by atoms with Crippen LogP contribution in [0.4, 0.5) is 0 Å². The third kappa shape index (κ3) is 4.23. The zero-order valence-electron chi connectivity index (χ0n) is 22.1. The zero-order chi connectivity index (χ0) is 29.1. The Balaban J connectivity index is 1.65. The number of hydrogen-bond acceptors (Lipinski definition) is 11. The van der Waals surface area contributed by atoms with Gasteiger partial charge in [-0.05, 0) is 19.9 Å². The van der Waals surface area contributed by atoms with Gasteiger partial charge in [0.25, 0.3) is 0 Å². The number of hydrogen-bond donors (Lipinski definition) is 6. The molecule has 12 nitrogen and oxygen atoms in total. The number of aliphatic hydroxyl groups excluding tert-OH is 2. The van der Waals surface area contributed by atoms with Crippen molar-refractivity contribution in [1.82, 2.24) is 5.32 Å². The highest BCUT2D eigenvalue weighted by Crippen LogP contribution is 2.52. The molecule has 1 amide bonds. The second-order valence-electron chi connectivity index (χ2n) is 10.6. The number of rotatable bonds is 6. The third-order valence-electron chi connectivity index (χ3n) is 8.19. The van der Waals surface area contributed by atoms with E-state index in [-0.39, 0.29) is 47.3 Å². The topological polar surface area (TPSA) is 192 Å². The van der Waals surface area contributed by atoms with Crippen molar-refractivity contribution in [1.29, 1.82) is 0 Å². The van der Waals surface area contributed by atoms with Gasteiger partial charge in [-0.15, -0.1) is 0 Å². The van der Waals surface area contributed by atoms with Crippen molar-refractivity contribution < 1.29 is 54.1 Å². The van der Waals surface area contributed by atoms with Crippen LogP contribution in [0.5, 0.6) is 17.2 Å². The lowest BCUT2D eigenvalue weighted by Gasteiger charge is -2.44. The fourth-order valence-corrected chi connectivity index (χ4v) is 5.96. The Labute approximate surface area is 229 Å². The average Bonchev–Trinajstić information content (AvgIpc) is 2.91. The van der Waals surface area contributed by atoms with Gasteiger partial charge in [0, 0.05) is 36.0 Å². The van der Waals surface area contributed by atoms with Crippen LogP contribution in [0.15, 0.2) is 18.2 Å². The first kappa shape index (κ1) is 28.0. The summed E-state index contributed by atoms with van der Waals surface area (Å²) in [5.74, 6) is -2.57. The predicted octanol–water partition coefficient (Wildman–Crippen LogP) is 0.608. The Morgan fingerprint density at radius 3 is 2.50 bits per heavy atom. The van der Waals surface area contributed by atoms with Gasteiger partial charge in [0.15, 0.2) is 12.1 Å². The molecule has 1 fully saturated rings. The summed E-state index contributed by atoms with van der Waals surface area (Å²) in [7, 11) is 1.34. The van der Waals surface area contributed by atoms with Crippen LogP contribution in [0.25, 0.3) is 0 Å². The number of benzene rings is 2. The minimum Gasteiger partial charge on any atom is -0.507 e. The van der Waals surface area contributed by atoms with Gasteiger partial charge in [0.05, 0.1) is 53.8 Å². The largest absolute Gasteiger partial charge is 0.507 e. The van der Waals surface area contributed by atoms with E-state index in [0.717, 1.165) is 0 Å². The number of carbonyl (C=O) groups excluding carboxylic acids is 3. The lowest BCUT2D eigenvalue weighted by Crippen LogP contribution is -2.54. The molecule has 0 spiro atoms. The van der Waals surface area contributed by atoms with E-state index in [0.29, 0.717) is 6.41 Å². The first-order valence-electron chi connectivity index (χ1n) is 12.9. The summed E-state index contributed by atoms with van der Waals surface area (Å²) >= 11 is 0. The number of amides is 1. The summed E-state index contributed by atoms with van der Waals surface area (Å²) in [5.41, 5.74) is -2.87. The molecule has 7 unspecified atom stereocenters. The molecule has 0 radical (unpaired) electrons. The van der Waals surface area contributed by atoms with Gasteiger partial charge in [-0.2, -0.15) is 0 Å². The summed E-state index contributed by atoms with van der Waals surface area (Å²) in [6, 6.07) is 3.71. The molecule has 1 heterocycles. The van der Waals surface area contributed by atoms with Crippen LogP contribution in [0, 0.1) is 0 Å². The zero-order valence-corrected chi connectivity index (χ0v) is 22.1. The number of aromatic hydroxyl groups is 2. The second-order valence-corrected chi connectivity index (χ2v) is 10.6. The normalized spacial score (nSPS) is 30.1. The van der Waals surface area contributed by atoms with Crippen LogP contribution in [-0.4, -0.2) is 86.9 Å². The number of carbonyl (C=O) groups is 3. The van der Waals surface area contributed by atoms with Gasteiger partial charge < -0.3 is 45.1 Å². The van der Waals surface area contributed by atoms with E-state index in [4.69, 9.17) is 14.2 Å². The molecule has 2 aliphatic carbocycles. The van der Waals surface area contributed by atoms with Crippen molar-refractivity contribution in [2.45, 2.75) is 75.5 Å². The van der Waals surface area contributed by atoms with Crippen LogP contribution < -0.4 is 10.1 Å². The minimum absolute atomic E-state index is 0.00284. The first-order chi connectivity index (χ1) is 18.9. The number of aliphatic hydroxyl groups is 3. The van der Waals surface area contributed by atoms with Gasteiger partial charge in [-0.1, -0.05) is 12.1 Å². The van der Waals surface area contributed by atoms with Crippen molar-refractivity contribution in [2.75, 3.05) is 7.11 Å². The summed E-state index contributed by atoms with van der Waals surface area (Å²) < 4.78 is 17.2. The Morgan fingerprint density at radius 1 is 1.15 bits per heavy atom. The van der Waals surface area contributed by atoms with E-state index >= 15 is 0 Å². The molecule has 0 aromatic heterocycles. The molecule has 6 N–H and O–H groups in total. The molecule has 1 aliphatic heterocycles. The fourth-order valence-electron chi connectivity index (χ4n) is 5.96. The highest BCUT2D eigenvalue weighted by Gasteiger charge is 2.49. The molecule has 40 heavy (non-hydrogen) atoms. The molecule has 5 rings (SSSR count). The molecular weight excluding hydrogens is 526 g/mol. The van der Waals surface area contributed by atoms with E-state index in [1.165, 1.54) is 32.2 Å². The minimum atomic E-state index is -1.85. The van der Waals surface area contributed by atoms with Gasteiger partial charge >= 0.3 is 0 Å². The first-order valence-corrected chi connectivity index (χ1v) is 12.9. The fraction of sp³-hybridized carbons (Fsp3) is 0.464. The Kier molecular flexibility index (Phi) is 7.09. The summed E-state index contributed by atoms with van der Waals surface area (Å²) in [6.07, 6.45) is -5.57. The van der Waals surface area contributed by atoms with E-state index in [1.54, 1.807) is 6.92 Å². The molecule has 3 aliphatic rings. The summed E-state index contributed by atoms with van der Waals surface area (Å²) in [5, 5.41) is 57.6. The van der Waals surface area contributed by atoms with Crippen molar-refractivity contribution in [3.8, 4) is 17.2 Å². The van der Waals surface area contributed by atoms with Crippen LogP contribution in [-0.2, 0) is 20.7 Å². The Hall–Kier alpha value is -3.55. The molecule has 2 aromatic carbocycles. The van der Waals surface area contributed by atoms with Gasteiger partial charge in [0.2, 0.25) is 12.2 Å². The molecule has 0 bridgehead atoms. The molecular formula is C28H31NO11. The molecule has 214 valence electrons. The van der Waals surface area contributed by atoms with E-state index in [9.17, 15) is 39.9 Å².